The zero-order chi connectivity index (χ0) is 21.3. The average Bonchev–Trinajstić information content (AvgIpc) is 3.07. The molecule has 0 saturated heterocycles. The maximum Gasteiger partial charge on any atom is 0.244 e. The SMILES string of the molecule is Cc1ccc(-c2noc(CN(C(C)C)S(=O)(=O)c3c(C)cc(C)cc3C)n2)cc1. The van der Waals surface area contributed by atoms with Crippen LogP contribution in [-0.4, -0.2) is 28.9 Å². The molecule has 0 unspecified atom stereocenters. The minimum absolute atomic E-state index is 0.0195. The molecule has 154 valence electrons. The van der Waals surface area contributed by atoms with Crippen LogP contribution >= 0.6 is 0 Å². The Morgan fingerprint density at radius 2 is 1.55 bits per heavy atom. The van der Waals surface area contributed by atoms with E-state index in [1.165, 1.54) is 4.31 Å². The van der Waals surface area contributed by atoms with Crippen LogP contribution < -0.4 is 0 Å². The number of aryl methyl sites for hydroxylation is 4. The molecule has 0 aliphatic rings. The van der Waals surface area contributed by atoms with E-state index < -0.39 is 10.0 Å². The molecule has 0 radical (unpaired) electrons. The summed E-state index contributed by atoms with van der Waals surface area (Å²) in [5.74, 6) is 0.712. The average molecular weight is 414 g/mol. The fraction of sp³-hybridized carbons (Fsp3) is 0.364. The first-order valence-electron chi connectivity index (χ1n) is 9.59. The molecule has 0 saturated carbocycles. The highest BCUT2D eigenvalue weighted by atomic mass is 32.2. The Labute approximate surface area is 172 Å². The summed E-state index contributed by atoms with van der Waals surface area (Å²) in [6, 6.07) is 11.3. The number of nitrogens with zero attached hydrogens (tertiary/aromatic N) is 3. The van der Waals surface area contributed by atoms with Crippen molar-refractivity contribution >= 4 is 10.0 Å². The summed E-state index contributed by atoms with van der Waals surface area (Å²) in [7, 11) is -3.73. The second-order valence-electron chi connectivity index (χ2n) is 7.75. The molecule has 0 bridgehead atoms. The van der Waals surface area contributed by atoms with E-state index in [1.54, 1.807) is 0 Å². The zero-order valence-electron chi connectivity index (χ0n) is 17.7. The van der Waals surface area contributed by atoms with Crippen molar-refractivity contribution in [1.82, 2.24) is 14.4 Å². The van der Waals surface area contributed by atoms with Crippen molar-refractivity contribution in [3.8, 4) is 11.4 Å². The molecular weight excluding hydrogens is 386 g/mol. The van der Waals surface area contributed by atoms with Crippen LogP contribution in [0.5, 0.6) is 0 Å². The van der Waals surface area contributed by atoms with Crippen molar-refractivity contribution in [2.75, 3.05) is 0 Å². The molecule has 0 aliphatic carbocycles. The second kappa shape index (κ2) is 8.08. The van der Waals surface area contributed by atoms with Gasteiger partial charge in [-0.2, -0.15) is 9.29 Å². The van der Waals surface area contributed by atoms with Crippen LogP contribution in [-0.2, 0) is 16.6 Å². The van der Waals surface area contributed by atoms with Gasteiger partial charge in [0.2, 0.25) is 21.7 Å². The standard InChI is InChI=1S/C22H27N3O3S/c1-14(2)25(29(26,27)21-17(5)11-16(4)12-18(21)6)13-20-23-22(24-28-20)19-9-7-15(3)8-10-19/h7-12,14H,13H2,1-6H3. The first kappa shape index (κ1) is 21.2. The van der Waals surface area contributed by atoms with Crippen molar-refractivity contribution in [2.24, 2.45) is 0 Å². The van der Waals surface area contributed by atoms with Gasteiger partial charge in [-0.05, 0) is 52.7 Å². The van der Waals surface area contributed by atoms with Gasteiger partial charge in [-0.25, -0.2) is 8.42 Å². The first-order chi connectivity index (χ1) is 13.6. The van der Waals surface area contributed by atoms with Crippen LogP contribution in [0.4, 0.5) is 0 Å². The predicted octanol–water partition coefficient (Wildman–Crippen LogP) is 4.57. The molecule has 1 aromatic heterocycles. The number of hydrogen-bond acceptors (Lipinski definition) is 5. The van der Waals surface area contributed by atoms with Gasteiger partial charge >= 0.3 is 0 Å². The lowest BCUT2D eigenvalue weighted by atomic mass is 10.1. The summed E-state index contributed by atoms with van der Waals surface area (Å²) in [6.45, 7) is 11.3. The van der Waals surface area contributed by atoms with Crippen molar-refractivity contribution in [3.05, 3.63) is 64.5 Å². The maximum absolute atomic E-state index is 13.5. The van der Waals surface area contributed by atoms with Crippen LogP contribution in [0.1, 0.15) is 42.0 Å². The molecule has 2 aromatic carbocycles. The smallest absolute Gasteiger partial charge is 0.244 e. The minimum Gasteiger partial charge on any atom is -0.338 e. The van der Waals surface area contributed by atoms with Crippen molar-refractivity contribution in [3.63, 3.8) is 0 Å². The van der Waals surface area contributed by atoms with E-state index in [9.17, 15) is 8.42 Å². The van der Waals surface area contributed by atoms with E-state index >= 15 is 0 Å². The van der Waals surface area contributed by atoms with Crippen molar-refractivity contribution < 1.29 is 12.9 Å². The van der Waals surface area contributed by atoms with Crippen LogP contribution in [0.25, 0.3) is 11.4 Å². The van der Waals surface area contributed by atoms with Gasteiger partial charge in [-0.3, -0.25) is 0 Å². The van der Waals surface area contributed by atoms with Gasteiger partial charge in [0, 0.05) is 11.6 Å². The fourth-order valence-corrected chi connectivity index (χ4v) is 5.51. The molecule has 3 aromatic rings. The first-order valence-corrected chi connectivity index (χ1v) is 11.0. The van der Waals surface area contributed by atoms with Crippen LogP contribution in [0, 0.1) is 27.7 Å². The Balaban J connectivity index is 1.94. The summed E-state index contributed by atoms with van der Waals surface area (Å²) < 4.78 is 33.7. The van der Waals surface area contributed by atoms with Gasteiger partial charge < -0.3 is 4.52 Å². The molecule has 0 spiro atoms. The Morgan fingerprint density at radius 3 is 2.10 bits per heavy atom. The van der Waals surface area contributed by atoms with E-state index in [0.29, 0.717) is 10.7 Å². The molecule has 1 heterocycles. The lowest BCUT2D eigenvalue weighted by Gasteiger charge is -2.26. The molecule has 0 aliphatic heterocycles. The zero-order valence-corrected chi connectivity index (χ0v) is 18.5. The van der Waals surface area contributed by atoms with Gasteiger partial charge in [0.1, 0.15) is 0 Å². The lowest BCUT2D eigenvalue weighted by molar-refractivity contribution is 0.286. The molecule has 3 rings (SSSR count). The molecule has 29 heavy (non-hydrogen) atoms. The third-order valence-electron chi connectivity index (χ3n) is 4.82. The molecule has 0 N–H and O–H groups in total. The van der Waals surface area contributed by atoms with Crippen LogP contribution in [0.15, 0.2) is 45.8 Å². The molecular formula is C22H27N3O3S. The highest BCUT2D eigenvalue weighted by molar-refractivity contribution is 7.89. The van der Waals surface area contributed by atoms with E-state index in [-0.39, 0.29) is 18.5 Å². The summed E-state index contributed by atoms with van der Waals surface area (Å²) in [4.78, 5) is 4.76. The van der Waals surface area contributed by atoms with Crippen molar-refractivity contribution in [2.45, 2.75) is 59.0 Å². The third kappa shape index (κ3) is 4.41. The normalized spacial score (nSPS) is 12.1. The second-order valence-corrected chi connectivity index (χ2v) is 9.58. The highest BCUT2D eigenvalue weighted by Gasteiger charge is 2.31. The number of sulfonamides is 1. The quantitative estimate of drug-likeness (QED) is 0.592. The number of benzene rings is 2. The summed E-state index contributed by atoms with van der Waals surface area (Å²) in [5, 5.41) is 4.02. The van der Waals surface area contributed by atoms with Gasteiger partial charge in [-0.1, -0.05) is 52.7 Å². The van der Waals surface area contributed by atoms with E-state index in [2.05, 4.69) is 10.1 Å². The van der Waals surface area contributed by atoms with E-state index in [4.69, 9.17) is 4.52 Å². The van der Waals surface area contributed by atoms with Gasteiger partial charge in [0.15, 0.2) is 0 Å². The van der Waals surface area contributed by atoms with Gasteiger partial charge in [0.05, 0.1) is 11.4 Å². The number of aromatic nitrogens is 2. The van der Waals surface area contributed by atoms with Crippen LogP contribution in [0.2, 0.25) is 0 Å². The van der Waals surface area contributed by atoms with Crippen molar-refractivity contribution in [1.29, 1.82) is 0 Å². The Kier molecular flexibility index (Phi) is 5.91. The monoisotopic (exact) mass is 413 g/mol. The van der Waals surface area contributed by atoms with Crippen LogP contribution in [0.3, 0.4) is 0 Å². The molecule has 7 heteroatoms. The minimum atomic E-state index is -3.73. The predicted molar refractivity (Wildman–Crippen MR) is 113 cm³/mol. The topological polar surface area (TPSA) is 76.3 Å². The molecule has 0 fully saturated rings. The highest BCUT2D eigenvalue weighted by Crippen LogP contribution is 2.28. The maximum atomic E-state index is 13.5. The summed E-state index contributed by atoms with van der Waals surface area (Å²) in [6.07, 6.45) is 0. The third-order valence-corrected chi connectivity index (χ3v) is 7.14. The van der Waals surface area contributed by atoms with Gasteiger partial charge in [0.25, 0.3) is 0 Å². The number of rotatable bonds is 6. The van der Waals surface area contributed by atoms with E-state index in [0.717, 1.165) is 27.8 Å². The Morgan fingerprint density at radius 1 is 0.966 bits per heavy atom. The lowest BCUT2D eigenvalue weighted by Crippen LogP contribution is -2.37. The number of hydrogen-bond donors (Lipinski definition) is 0. The summed E-state index contributed by atoms with van der Waals surface area (Å²) >= 11 is 0. The molecule has 0 amide bonds. The molecule has 0 atom stereocenters. The fourth-order valence-electron chi connectivity index (χ4n) is 3.51. The Hall–Kier alpha value is -2.51. The summed E-state index contributed by atoms with van der Waals surface area (Å²) in [5.41, 5.74) is 4.47. The largest absolute Gasteiger partial charge is 0.338 e. The van der Waals surface area contributed by atoms with E-state index in [1.807, 2.05) is 77.9 Å². The molecule has 6 nitrogen and oxygen atoms in total. The Bertz CT molecular complexity index is 1090. The van der Waals surface area contributed by atoms with Gasteiger partial charge in [-0.15, -0.1) is 0 Å².